The first-order valence-electron chi connectivity index (χ1n) is 33.5. The summed E-state index contributed by atoms with van der Waals surface area (Å²) in [5.41, 5.74) is 16.1. The largest absolute Gasteiger partial charge is 0.462 e. The van der Waals surface area contributed by atoms with Crippen molar-refractivity contribution >= 4 is 91.5 Å². The summed E-state index contributed by atoms with van der Waals surface area (Å²) in [6.07, 6.45) is 19.3. The number of ether oxygens (including phenoxy) is 2. The van der Waals surface area contributed by atoms with Crippen molar-refractivity contribution in [3.05, 3.63) is 227 Å². The Kier molecular flexibility index (Phi) is 19.9. The fourth-order valence-electron chi connectivity index (χ4n) is 13.2. The zero-order valence-electron chi connectivity index (χ0n) is 55.5. The number of nitrogens with two attached hydrogens (primary N) is 1. The van der Waals surface area contributed by atoms with E-state index in [1.165, 1.54) is 71.1 Å². The average molecular weight is 1350 g/mol. The maximum atomic E-state index is 13.2. The molecule has 1 saturated carbocycles. The summed E-state index contributed by atoms with van der Waals surface area (Å²) in [7, 11) is 2.15. The smallest absolute Gasteiger partial charge is 0.343 e. The number of nitrogens with zero attached hydrogens (tertiary/aromatic N) is 11. The molecule has 0 spiro atoms. The van der Waals surface area contributed by atoms with Gasteiger partial charge in [-0.1, -0.05) is 37.1 Å². The van der Waals surface area contributed by atoms with E-state index < -0.39 is 34.1 Å². The van der Waals surface area contributed by atoms with Gasteiger partial charge in [0.05, 0.1) is 36.0 Å². The van der Waals surface area contributed by atoms with Gasteiger partial charge in [0.2, 0.25) is 34.1 Å². The molecule has 510 valence electrons. The lowest BCUT2D eigenvalue weighted by atomic mass is 10.1. The molecule has 2 fully saturated rings. The molecule has 6 aromatic heterocycles. The minimum Gasteiger partial charge on any atom is -0.462 e. The lowest BCUT2D eigenvalue weighted by Gasteiger charge is -2.34. The van der Waals surface area contributed by atoms with Gasteiger partial charge in [0, 0.05) is 104 Å². The zero-order chi connectivity index (χ0) is 69.6. The van der Waals surface area contributed by atoms with Crippen LogP contribution in [0.25, 0.3) is 44.5 Å². The van der Waals surface area contributed by atoms with E-state index >= 15 is 0 Å². The van der Waals surface area contributed by atoms with Gasteiger partial charge in [0.25, 0.3) is 5.91 Å². The number of amides is 1. The molecule has 7 heterocycles. The van der Waals surface area contributed by atoms with Gasteiger partial charge >= 0.3 is 11.9 Å². The van der Waals surface area contributed by atoms with Crippen molar-refractivity contribution in [1.82, 2.24) is 48.5 Å². The summed E-state index contributed by atoms with van der Waals surface area (Å²) in [5.74, 6) is -1.49. The van der Waals surface area contributed by atoms with Gasteiger partial charge in [-0.3, -0.25) is 19.2 Å². The number of carbonyl (C=O) groups is 3. The monoisotopic (exact) mass is 1350 g/mol. The fraction of sp³-hybridized carbons (Fsp3) is 0.280. The van der Waals surface area contributed by atoms with Crippen LogP contribution in [0.4, 0.5) is 45.0 Å². The predicted molar refractivity (Wildman–Crippen MR) is 381 cm³/mol. The van der Waals surface area contributed by atoms with Crippen LogP contribution in [-0.4, -0.2) is 118 Å². The van der Waals surface area contributed by atoms with Crippen molar-refractivity contribution in [3.63, 3.8) is 0 Å². The second kappa shape index (κ2) is 29.6. The number of aliphatic hydroxyl groups is 1. The Morgan fingerprint density at radius 3 is 1.50 bits per heavy atom. The number of hydrogen-bond acceptors (Lipinski definition) is 20. The number of aliphatic hydroxyl groups excluding tert-OH is 1. The van der Waals surface area contributed by atoms with E-state index in [0.717, 1.165) is 113 Å². The number of piperazine rings is 1. The molecule has 1 aliphatic heterocycles. The van der Waals surface area contributed by atoms with Crippen LogP contribution in [0.3, 0.4) is 0 Å². The highest BCUT2D eigenvalue weighted by Crippen LogP contribution is 2.33. The number of pyridine rings is 3. The number of primary amides is 1. The van der Waals surface area contributed by atoms with Gasteiger partial charge in [-0.25, -0.2) is 28.9 Å². The third-order valence-corrected chi connectivity index (χ3v) is 18.4. The molecule has 3 aliphatic carbocycles. The molecule has 0 bridgehead atoms. The highest BCUT2D eigenvalue weighted by Gasteiger charge is 2.26. The molecule has 1 saturated heterocycles. The molecule has 0 atom stereocenters. The molecule has 4 aliphatic rings. The van der Waals surface area contributed by atoms with Gasteiger partial charge in [-0.05, 0) is 185 Å². The summed E-state index contributed by atoms with van der Waals surface area (Å²) < 4.78 is 28.9. The molecule has 0 unspecified atom stereocenters. The number of rotatable bonds is 16. The second-order valence-electron chi connectivity index (χ2n) is 25.0. The van der Waals surface area contributed by atoms with Gasteiger partial charge in [0.15, 0.2) is 11.3 Å². The Balaban J connectivity index is 0.000000134. The molecular formula is C75H74FN15O9. The molecule has 0 radical (unpaired) electrons. The van der Waals surface area contributed by atoms with E-state index in [-0.39, 0.29) is 65.1 Å². The average Bonchev–Trinajstić information content (AvgIpc) is 0.967. The summed E-state index contributed by atoms with van der Waals surface area (Å²) in [4.78, 5) is 107. The number of aryl methyl sites for hydroxylation is 4. The summed E-state index contributed by atoms with van der Waals surface area (Å²) in [6, 6.07) is 33.7. The molecular weight excluding hydrogens is 1270 g/mol. The van der Waals surface area contributed by atoms with Crippen LogP contribution in [0, 0.1) is 5.82 Å². The van der Waals surface area contributed by atoms with Crippen molar-refractivity contribution in [1.29, 1.82) is 0 Å². The Morgan fingerprint density at radius 2 is 1.00 bits per heavy atom. The molecule has 24 nitrogen and oxygen atoms in total. The number of carbonyl (C=O) groups excluding carboxylic acids is 3. The number of nitrogens with one attached hydrogen (secondary N) is 3. The molecule has 5 aromatic carbocycles. The number of benzene rings is 5. The summed E-state index contributed by atoms with van der Waals surface area (Å²) in [6.45, 7) is 7.79. The van der Waals surface area contributed by atoms with Crippen LogP contribution >= 0.6 is 0 Å². The molecule has 1 amide bonds. The highest BCUT2D eigenvalue weighted by atomic mass is 19.1. The van der Waals surface area contributed by atoms with Crippen molar-refractivity contribution in [3.8, 4) is 11.4 Å². The number of aromatic nitrogens is 9. The Bertz CT molecular complexity index is 5130. The minimum atomic E-state index is -0.726. The lowest BCUT2D eigenvalue weighted by Crippen LogP contribution is -2.44. The van der Waals surface area contributed by atoms with Crippen molar-refractivity contribution < 1.29 is 33.4 Å². The molecule has 25 heteroatoms. The molecule has 11 aromatic rings. The number of anilines is 7. The van der Waals surface area contributed by atoms with E-state index in [1.54, 1.807) is 47.4 Å². The van der Waals surface area contributed by atoms with Crippen LogP contribution < -0.4 is 42.9 Å². The molecule has 6 N–H and O–H groups in total. The standard InChI is InChI=1S/C26H24N4O4.C25H21FN4O3.C24H29N7O2/c1-2-34-25(33)22-14-30(20-10-9-17-6-4-7-18(17)12-20)24-21(23(22)32)13-27-26(29-24)28-19-8-3-5-16(11-19)15-31;1-2-33-24(32)21-14-30(19-11-6-15-4-3-5-16(15)12-19)23-20(22(21)31)13-27-25(29-23)28-18-9-7-17(26)8-10-18;1-29-10-12-30(13-11-29)17-8-6-16(7-9-17)27-24-26-14-19-21(32)20(22(25)33)15-31(23(19)28-24)18-4-2-3-5-18/h3,5,8-14,31H,2,4,6-7,15H2,1H3,(H,27,28,29);6-14H,2-5H2,1H3,(H,27,28,29);6-9,14-15,18H,2-5,10-13H2,1H3,(H2,25,33)(H,26,27,28). The predicted octanol–water partition coefficient (Wildman–Crippen LogP) is 10.5. The van der Waals surface area contributed by atoms with Crippen LogP contribution in [-0.2, 0) is 41.8 Å². The van der Waals surface area contributed by atoms with E-state index in [2.05, 4.69) is 99.1 Å². The normalized spacial score (nSPS) is 14.2. The number of fused-ring (bicyclic) bond motifs is 5. The van der Waals surface area contributed by atoms with Crippen LogP contribution in [0.15, 0.2) is 161 Å². The van der Waals surface area contributed by atoms with Crippen molar-refractivity contribution in [2.45, 2.75) is 90.7 Å². The third kappa shape index (κ3) is 14.5. The highest BCUT2D eigenvalue weighted by molar-refractivity contribution is 5.96. The van der Waals surface area contributed by atoms with Crippen molar-refractivity contribution in [2.24, 2.45) is 5.73 Å². The maximum Gasteiger partial charge on any atom is 0.343 e. The van der Waals surface area contributed by atoms with Gasteiger partial charge in [0.1, 0.15) is 28.2 Å². The Hall–Kier alpha value is -11.6. The van der Waals surface area contributed by atoms with Gasteiger partial charge in [-0.2, -0.15) is 15.0 Å². The Morgan fingerprint density at radius 1 is 0.540 bits per heavy atom. The number of halogens is 1. The van der Waals surface area contributed by atoms with E-state index in [9.17, 15) is 38.3 Å². The second-order valence-corrected chi connectivity index (χ2v) is 25.0. The molecule has 15 rings (SSSR count). The Labute approximate surface area is 573 Å². The number of esters is 2. The fourth-order valence-corrected chi connectivity index (χ4v) is 13.2. The van der Waals surface area contributed by atoms with Crippen LogP contribution in [0.5, 0.6) is 0 Å². The van der Waals surface area contributed by atoms with Gasteiger partial charge in [-0.15, -0.1) is 0 Å². The molecule has 100 heavy (non-hydrogen) atoms. The van der Waals surface area contributed by atoms with Gasteiger partial charge < -0.3 is 59.8 Å². The number of hydrogen-bond donors (Lipinski definition) is 5. The first-order valence-corrected chi connectivity index (χ1v) is 33.5. The quantitative estimate of drug-likeness (QED) is 0.0562. The summed E-state index contributed by atoms with van der Waals surface area (Å²) in [5, 5.41) is 19.5. The first kappa shape index (κ1) is 67.0. The third-order valence-electron chi connectivity index (χ3n) is 18.4. The van der Waals surface area contributed by atoms with E-state index in [4.69, 9.17) is 15.2 Å². The zero-order valence-corrected chi connectivity index (χ0v) is 55.5. The first-order chi connectivity index (χ1) is 48.6. The van der Waals surface area contributed by atoms with Crippen LogP contribution in [0.1, 0.15) is 117 Å². The minimum absolute atomic E-state index is 0.0156. The van der Waals surface area contributed by atoms with E-state index in [0.29, 0.717) is 45.6 Å². The SMILES string of the molecule is CCOC(=O)c1cn(-c2ccc3c(c2)CCC3)c2nc(Nc3ccc(F)cc3)ncc2c1=O.CCOC(=O)c1cn(-c2ccc3c(c2)CCC3)c2nc(Nc3cccc(CO)c3)ncc2c1=O.CN1CCN(c2ccc(Nc3ncc4c(=O)c(C(N)=O)cn(C5CCCC5)c4n3)cc2)CC1. The lowest BCUT2D eigenvalue weighted by molar-refractivity contribution is 0.0514. The topological polar surface area (TPSA) is 302 Å². The van der Waals surface area contributed by atoms with E-state index in [1.807, 2.05) is 47.0 Å². The van der Waals surface area contributed by atoms with Crippen LogP contribution in [0.2, 0.25) is 0 Å². The summed E-state index contributed by atoms with van der Waals surface area (Å²) >= 11 is 0. The maximum absolute atomic E-state index is 13.2. The van der Waals surface area contributed by atoms with Crippen molar-refractivity contribution in [2.75, 3.05) is 67.3 Å². The number of likely N-dealkylation sites (N-methyl/N-ethyl adjacent to an activating group) is 1.